The van der Waals surface area contributed by atoms with E-state index in [9.17, 15) is 9.59 Å². The van der Waals surface area contributed by atoms with Crippen molar-refractivity contribution in [3.63, 3.8) is 0 Å². The highest BCUT2D eigenvalue weighted by Crippen LogP contribution is 2.00. The second-order valence-corrected chi connectivity index (χ2v) is 4.44. The van der Waals surface area contributed by atoms with E-state index in [-0.39, 0.29) is 12.6 Å². The van der Waals surface area contributed by atoms with E-state index in [1.165, 1.54) is 7.11 Å². The molecule has 0 radical (unpaired) electrons. The molecule has 0 saturated carbocycles. The van der Waals surface area contributed by atoms with Gasteiger partial charge in [-0.15, -0.1) is 0 Å². The molecule has 0 rings (SSSR count). The average molecular weight is 274 g/mol. The lowest BCUT2D eigenvalue weighted by Crippen LogP contribution is -2.45. The molecule has 0 spiro atoms. The van der Waals surface area contributed by atoms with E-state index >= 15 is 0 Å². The summed E-state index contributed by atoms with van der Waals surface area (Å²) in [5, 5.41) is 11.4. The number of carboxylic acid groups (broad SMARTS) is 1. The van der Waals surface area contributed by atoms with Crippen LogP contribution in [0.2, 0.25) is 0 Å². The van der Waals surface area contributed by atoms with Gasteiger partial charge in [-0.25, -0.2) is 9.59 Å². The van der Waals surface area contributed by atoms with E-state index in [4.69, 9.17) is 9.84 Å². The third-order valence-electron chi connectivity index (χ3n) is 2.85. The van der Waals surface area contributed by atoms with Crippen LogP contribution in [-0.4, -0.2) is 54.9 Å². The molecule has 0 aliphatic carbocycles. The van der Waals surface area contributed by atoms with Gasteiger partial charge in [-0.1, -0.05) is 26.7 Å². The molecule has 0 bridgehead atoms. The van der Waals surface area contributed by atoms with Crippen molar-refractivity contribution >= 4 is 12.0 Å². The van der Waals surface area contributed by atoms with Crippen molar-refractivity contribution in [2.45, 2.75) is 45.6 Å². The first-order chi connectivity index (χ1) is 9.06. The summed E-state index contributed by atoms with van der Waals surface area (Å²) in [4.78, 5) is 24.5. The van der Waals surface area contributed by atoms with Gasteiger partial charge >= 0.3 is 12.0 Å². The highest BCUT2D eigenvalue weighted by molar-refractivity contribution is 5.77. The highest BCUT2D eigenvalue weighted by Gasteiger charge is 2.19. The normalized spacial score (nSPS) is 11.9. The molecule has 0 heterocycles. The number of carboxylic acids is 1. The molecule has 0 aliphatic heterocycles. The van der Waals surface area contributed by atoms with Gasteiger partial charge in [0.15, 0.2) is 6.10 Å². The summed E-state index contributed by atoms with van der Waals surface area (Å²) in [6.45, 7) is 5.53. The topological polar surface area (TPSA) is 78.9 Å². The average Bonchev–Trinajstić information content (AvgIpc) is 2.39. The van der Waals surface area contributed by atoms with Gasteiger partial charge in [-0.3, -0.25) is 0 Å². The number of nitrogens with zero attached hydrogens (tertiary/aromatic N) is 1. The number of methoxy groups -OCH3 is 1. The van der Waals surface area contributed by atoms with Gasteiger partial charge in [-0.2, -0.15) is 0 Å². The fraction of sp³-hybridized carbons (Fsp3) is 0.846. The first-order valence-corrected chi connectivity index (χ1v) is 6.85. The molecule has 0 aromatic heterocycles. The maximum Gasteiger partial charge on any atom is 0.334 e. The van der Waals surface area contributed by atoms with E-state index in [2.05, 4.69) is 19.2 Å². The number of hydrogen-bond donors (Lipinski definition) is 2. The molecule has 0 aromatic carbocycles. The zero-order valence-electron chi connectivity index (χ0n) is 12.1. The zero-order valence-corrected chi connectivity index (χ0v) is 12.1. The minimum atomic E-state index is -1.07. The van der Waals surface area contributed by atoms with E-state index in [0.717, 1.165) is 25.7 Å². The van der Waals surface area contributed by atoms with Crippen LogP contribution in [0.4, 0.5) is 4.79 Å². The van der Waals surface area contributed by atoms with E-state index in [1.807, 2.05) is 0 Å². The number of unbranched alkanes of at least 4 members (excludes halogenated alkanes) is 2. The molecule has 6 nitrogen and oxygen atoms in total. The molecule has 2 N–H and O–H groups in total. The molecule has 19 heavy (non-hydrogen) atoms. The number of rotatable bonds is 10. The third-order valence-corrected chi connectivity index (χ3v) is 2.85. The predicted molar refractivity (Wildman–Crippen MR) is 73.2 cm³/mol. The lowest BCUT2D eigenvalue weighted by Gasteiger charge is -2.23. The summed E-state index contributed by atoms with van der Waals surface area (Å²) in [5.74, 6) is -1.07. The van der Waals surface area contributed by atoms with Crippen LogP contribution in [0.25, 0.3) is 0 Å². The summed E-state index contributed by atoms with van der Waals surface area (Å²) in [7, 11) is 1.32. The van der Waals surface area contributed by atoms with Crippen molar-refractivity contribution in [1.29, 1.82) is 0 Å². The van der Waals surface area contributed by atoms with Gasteiger partial charge in [0.2, 0.25) is 0 Å². The Labute approximate surface area is 115 Å². The van der Waals surface area contributed by atoms with Crippen molar-refractivity contribution < 1.29 is 19.4 Å². The van der Waals surface area contributed by atoms with Gasteiger partial charge in [-0.05, 0) is 12.8 Å². The lowest BCUT2D eigenvalue weighted by molar-refractivity contribution is -0.148. The number of ether oxygens (including phenoxy) is 1. The van der Waals surface area contributed by atoms with Gasteiger partial charge in [0.05, 0.1) is 6.54 Å². The summed E-state index contributed by atoms with van der Waals surface area (Å²) >= 11 is 0. The highest BCUT2D eigenvalue weighted by atomic mass is 16.5. The first-order valence-electron chi connectivity index (χ1n) is 6.85. The Morgan fingerprint density at radius 3 is 2.11 bits per heavy atom. The summed E-state index contributed by atoms with van der Waals surface area (Å²) in [5.41, 5.74) is 0. The maximum absolute atomic E-state index is 12.0. The second-order valence-electron chi connectivity index (χ2n) is 4.44. The van der Waals surface area contributed by atoms with E-state index < -0.39 is 12.1 Å². The Bertz CT molecular complexity index is 263. The number of carbonyl (C=O) groups is 2. The SMILES string of the molecule is CCCCN(CCCC)C(=O)NCC(OC)C(=O)O. The number of nitrogens with one attached hydrogen (secondary N) is 1. The Balaban J connectivity index is 4.24. The van der Waals surface area contributed by atoms with Crippen LogP contribution in [0.5, 0.6) is 0 Å². The zero-order chi connectivity index (χ0) is 14.7. The number of amides is 2. The van der Waals surface area contributed by atoms with Crippen LogP contribution < -0.4 is 5.32 Å². The van der Waals surface area contributed by atoms with Crippen LogP contribution in [0.15, 0.2) is 0 Å². The quantitative estimate of drug-likeness (QED) is 0.635. The summed E-state index contributed by atoms with van der Waals surface area (Å²) in [6.07, 6.45) is 2.94. The molecule has 0 saturated heterocycles. The monoisotopic (exact) mass is 274 g/mol. The molecule has 0 aromatic rings. The smallest absolute Gasteiger partial charge is 0.334 e. The van der Waals surface area contributed by atoms with Crippen LogP contribution >= 0.6 is 0 Å². The van der Waals surface area contributed by atoms with Crippen LogP contribution in [0.1, 0.15) is 39.5 Å². The molecule has 1 unspecified atom stereocenters. The predicted octanol–water partition coefficient (Wildman–Crippen LogP) is 1.70. The van der Waals surface area contributed by atoms with Crippen molar-refractivity contribution in [2.24, 2.45) is 0 Å². The standard InChI is InChI=1S/C13H26N2O4/c1-4-6-8-15(9-7-5-2)13(18)14-10-11(19-3)12(16)17/h11H,4-10H2,1-3H3,(H,14,18)(H,16,17). The van der Waals surface area contributed by atoms with Crippen molar-refractivity contribution in [2.75, 3.05) is 26.7 Å². The molecular weight excluding hydrogens is 248 g/mol. The first kappa shape index (κ1) is 17.7. The number of urea groups is 1. The number of carbonyl (C=O) groups excluding carboxylic acids is 1. The van der Waals surface area contributed by atoms with Gasteiger partial charge in [0.1, 0.15) is 0 Å². The maximum atomic E-state index is 12.0. The molecular formula is C13H26N2O4. The lowest BCUT2D eigenvalue weighted by atomic mass is 10.3. The number of hydrogen-bond acceptors (Lipinski definition) is 3. The molecule has 6 heteroatoms. The summed E-state index contributed by atoms with van der Waals surface area (Å²) in [6, 6.07) is -0.217. The van der Waals surface area contributed by atoms with Crippen molar-refractivity contribution in [1.82, 2.24) is 10.2 Å². The van der Waals surface area contributed by atoms with Crippen LogP contribution in [0.3, 0.4) is 0 Å². The molecule has 0 fully saturated rings. The number of aliphatic carboxylic acids is 1. The molecule has 112 valence electrons. The minimum Gasteiger partial charge on any atom is -0.479 e. The second kappa shape index (κ2) is 10.6. The minimum absolute atomic E-state index is 0.0145. The fourth-order valence-electron chi connectivity index (χ4n) is 1.58. The molecule has 2 amide bonds. The van der Waals surface area contributed by atoms with Crippen molar-refractivity contribution in [3.05, 3.63) is 0 Å². The van der Waals surface area contributed by atoms with E-state index in [1.54, 1.807) is 4.90 Å². The Kier molecular flexibility index (Phi) is 9.88. The van der Waals surface area contributed by atoms with Crippen molar-refractivity contribution in [3.8, 4) is 0 Å². The largest absolute Gasteiger partial charge is 0.479 e. The third kappa shape index (κ3) is 7.66. The van der Waals surface area contributed by atoms with Gasteiger partial charge in [0, 0.05) is 20.2 Å². The van der Waals surface area contributed by atoms with Gasteiger partial charge < -0.3 is 20.1 Å². The molecule has 0 aliphatic rings. The Morgan fingerprint density at radius 2 is 1.74 bits per heavy atom. The Morgan fingerprint density at radius 1 is 1.21 bits per heavy atom. The summed E-state index contributed by atoms with van der Waals surface area (Å²) < 4.78 is 4.77. The molecule has 1 atom stereocenters. The van der Waals surface area contributed by atoms with Crippen LogP contribution in [-0.2, 0) is 9.53 Å². The van der Waals surface area contributed by atoms with Gasteiger partial charge in [0.25, 0.3) is 0 Å². The van der Waals surface area contributed by atoms with Crippen LogP contribution in [0, 0.1) is 0 Å². The fourth-order valence-corrected chi connectivity index (χ4v) is 1.58. The Hall–Kier alpha value is -1.30. The van der Waals surface area contributed by atoms with E-state index in [0.29, 0.717) is 13.1 Å².